The van der Waals surface area contributed by atoms with E-state index in [1.165, 1.54) is 25.9 Å². The van der Waals surface area contributed by atoms with Gasteiger partial charge in [0.05, 0.1) is 19.8 Å². The molecule has 1 aromatic carbocycles. The number of aromatic amines is 1. The number of likely N-dealkylation sites (tertiary alicyclic amines) is 1. The lowest BCUT2D eigenvalue weighted by Crippen LogP contribution is -2.45. The van der Waals surface area contributed by atoms with Gasteiger partial charge in [-0.05, 0) is 49.6 Å². The zero-order valence-corrected chi connectivity index (χ0v) is 17.0. The van der Waals surface area contributed by atoms with Gasteiger partial charge in [-0.3, -0.25) is 4.79 Å². The van der Waals surface area contributed by atoms with Gasteiger partial charge in [0.2, 0.25) is 6.41 Å². The fourth-order valence-electron chi connectivity index (χ4n) is 4.06. The molecule has 7 heteroatoms. The molecule has 7 nitrogen and oxygen atoms in total. The van der Waals surface area contributed by atoms with Crippen LogP contribution in [0.25, 0.3) is 22.2 Å². The third kappa shape index (κ3) is 3.78. The molecule has 3 aromatic rings. The van der Waals surface area contributed by atoms with Crippen molar-refractivity contribution in [2.75, 3.05) is 39.7 Å². The average molecular weight is 394 g/mol. The molecule has 5 rings (SSSR count). The molecule has 3 heterocycles. The van der Waals surface area contributed by atoms with Crippen LogP contribution in [0, 0.1) is 5.41 Å². The lowest BCUT2D eigenvalue weighted by Gasteiger charge is -2.36. The van der Waals surface area contributed by atoms with E-state index in [9.17, 15) is 4.79 Å². The molecule has 1 aliphatic carbocycles. The molecule has 0 unspecified atom stereocenters. The number of aromatic nitrogens is 2. The Hall–Kier alpha value is -3.06. The predicted octanol–water partition coefficient (Wildman–Crippen LogP) is 3.53. The Labute approximate surface area is 170 Å². The first kappa shape index (κ1) is 19.3. The summed E-state index contributed by atoms with van der Waals surface area (Å²) < 4.78 is 10.9. The van der Waals surface area contributed by atoms with Crippen LogP contribution < -0.4 is 14.8 Å². The van der Waals surface area contributed by atoms with Gasteiger partial charge in [0.1, 0.15) is 23.0 Å². The number of carbonyl (C=O) groups excluding carboxylic acids is 1. The van der Waals surface area contributed by atoms with Gasteiger partial charge in [-0.1, -0.05) is 6.07 Å². The van der Waals surface area contributed by atoms with Crippen LogP contribution in [0.15, 0.2) is 36.5 Å². The molecule has 2 fully saturated rings. The van der Waals surface area contributed by atoms with E-state index in [1.807, 2.05) is 30.5 Å². The van der Waals surface area contributed by atoms with Crippen molar-refractivity contribution < 1.29 is 14.3 Å². The summed E-state index contributed by atoms with van der Waals surface area (Å²) >= 11 is 0. The van der Waals surface area contributed by atoms with Gasteiger partial charge in [0.15, 0.2) is 0 Å². The van der Waals surface area contributed by atoms with Crippen molar-refractivity contribution in [3.63, 3.8) is 0 Å². The number of nitrogens with one attached hydrogen (secondary N) is 2. The van der Waals surface area contributed by atoms with Crippen LogP contribution in [0.2, 0.25) is 0 Å². The zero-order chi connectivity index (χ0) is 20.4. The molecule has 1 saturated carbocycles. The van der Waals surface area contributed by atoms with E-state index >= 15 is 0 Å². The van der Waals surface area contributed by atoms with Crippen molar-refractivity contribution in [3.05, 3.63) is 36.5 Å². The molecule has 2 N–H and O–H groups in total. The maximum absolute atomic E-state index is 10.5. The van der Waals surface area contributed by atoms with Gasteiger partial charge in [0, 0.05) is 30.2 Å². The molecule has 2 aliphatic rings. The van der Waals surface area contributed by atoms with Crippen molar-refractivity contribution in [2.45, 2.75) is 12.8 Å². The Balaban J connectivity index is 0.000000243. The van der Waals surface area contributed by atoms with Crippen LogP contribution in [0.3, 0.4) is 0 Å². The number of carbonyl (C=O) groups is 1. The summed E-state index contributed by atoms with van der Waals surface area (Å²) in [5, 5.41) is 3.45. The normalized spacial score (nSPS) is 16.5. The molecule has 0 bridgehead atoms. The van der Waals surface area contributed by atoms with Gasteiger partial charge >= 0.3 is 0 Å². The largest absolute Gasteiger partial charge is 0.496 e. The molecule has 1 spiro atoms. The molecule has 152 valence electrons. The number of hydrogen-bond acceptors (Lipinski definition) is 5. The monoisotopic (exact) mass is 394 g/mol. The molecule has 0 radical (unpaired) electrons. The molecular formula is C22H26N4O3. The number of fused-ring (bicyclic) bond motifs is 1. The zero-order valence-electron chi connectivity index (χ0n) is 17.0. The minimum absolute atomic E-state index is 0.489. The number of methoxy groups -OCH3 is 2. The summed E-state index contributed by atoms with van der Waals surface area (Å²) in [5.74, 6) is 1.92. The number of benzene rings is 1. The van der Waals surface area contributed by atoms with Crippen molar-refractivity contribution in [3.8, 4) is 22.6 Å². The van der Waals surface area contributed by atoms with Crippen molar-refractivity contribution in [1.29, 1.82) is 0 Å². The summed E-state index contributed by atoms with van der Waals surface area (Å²) in [7, 11) is 5.44. The summed E-state index contributed by atoms with van der Waals surface area (Å²) in [4.78, 5) is 20.4. The molecule has 1 amide bonds. The molecular weight excluding hydrogens is 368 g/mol. The van der Waals surface area contributed by atoms with E-state index in [0.717, 1.165) is 33.4 Å². The van der Waals surface area contributed by atoms with E-state index in [0.29, 0.717) is 17.9 Å². The average Bonchev–Trinajstić information content (AvgIpc) is 3.39. The van der Waals surface area contributed by atoms with Gasteiger partial charge in [-0.2, -0.15) is 0 Å². The summed E-state index contributed by atoms with van der Waals surface area (Å²) in [6.07, 6.45) is 5.47. The summed E-state index contributed by atoms with van der Waals surface area (Å²) in [6.45, 7) is 2.76. The first-order valence-corrected chi connectivity index (χ1v) is 9.67. The van der Waals surface area contributed by atoms with Crippen LogP contribution in [-0.4, -0.2) is 55.6 Å². The van der Waals surface area contributed by atoms with E-state index in [-0.39, 0.29) is 0 Å². The Bertz CT molecular complexity index is 996. The predicted molar refractivity (Wildman–Crippen MR) is 113 cm³/mol. The van der Waals surface area contributed by atoms with Crippen molar-refractivity contribution >= 4 is 23.3 Å². The second-order valence-electron chi connectivity index (χ2n) is 7.77. The van der Waals surface area contributed by atoms with Crippen molar-refractivity contribution in [2.24, 2.45) is 5.41 Å². The second kappa shape index (κ2) is 7.75. The van der Waals surface area contributed by atoms with Gasteiger partial charge in [-0.25, -0.2) is 4.98 Å². The van der Waals surface area contributed by atoms with E-state index in [4.69, 9.17) is 9.47 Å². The topological polar surface area (TPSA) is 79.5 Å². The fourth-order valence-corrected chi connectivity index (χ4v) is 4.06. The maximum atomic E-state index is 10.5. The van der Waals surface area contributed by atoms with E-state index in [1.54, 1.807) is 20.3 Å². The number of nitrogens with zero attached hydrogens (tertiary/aromatic N) is 2. The van der Waals surface area contributed by atoms with Crippen molar-refractivity contribution in [1.82, 2.24) is 14.9 Å². The lowest BCUT2D eigenvalue weighted by atomic mass is 9.98. The Morgan fingerprint density at radius 2 is 1.83 bits per heavy atom. The highest BCUT2D eigenvalue weighted by atomic mass is 16.5. The Morgan fingerprint density at radius 3 is 2.34 bits per heavy atom. The van der Waals surface area contributed by atoms with E-state index in [2.05, 4.69) is 27.2 Å². The second-order valence-corrected chi connectivity index (χ2v) is 7.77. The van der Waals surface area contributed by atoms with Crippen LogP contribution in [-0.2, 0) is 4.79 Å². The minimum atomic E-state index is 0.489. The van der Waals surface area contributed by atoms with Crippen LogP contribution in [0.1, 0.15) is 12.8 Å². The number of anilines is 1. The van der Waals surface area contributed by atoms with Crippen LogP contribution >= 0.6 is 0 Å². The standard InChI is InChI=1S/C16H15N3O3.C6H11N/c1-21-12-4-3-5-13(22-2)15(12)11-8-17-16-10(11)6-7-14(19-16)18-9-20;1-7-4-6(5-7)2-3-6/h3-9H,1-2H3,(H2,17,18,19,20);2-5H2,1H3. The molecule has 29 heavy (non-hydrogen) atoms. The molecule has 1 aliphatic heterocycles. The number of pyridine rings is 1. The third-order valence-corrected chi connectivity index (χ3v) is 5.61. The first-order chi connectivity index (χ1) is 14.1. The number of H-pyrrole nitrogens is 1. The Morgan fingerprint density at radius 1 is 1.14 bits per heavy atom. The number of ether oxygens (including phenoxy) is 2. The summed E-state index contributed by atoms with van der Waals surface area (Å²) in [6, 6.07) is 9.28. The van der Waals surface area contributed by atoms with E-state index < -0.39 is 0 Å². The maximum Gasteiger partial charge on any atom is 0.212 e. The minimum Gasteiger partial charge on any atom is -0.496 e. The molecule has 2 aromatic heterocycles. The van der Waals surface area contributed by atoms with Crippen LogP contribution in [0.4, 0.5) is 5.82 Å². The molecule has 0 atom stereocenters. The Kier molecular flexibility index (Phi) is 5.15. The quantitative estimate of drug-likeness (QED) is 0.647. The smallest absolute Gasteiger partial charge is 0.212 e. The van der Waals surface area contributed by atoms with Gasteiger partial charge < -0.3 is 24.7 Å². The number of amides is 1. The highest BCUT2D eigenvalue weighted by molar-refractivity contribution is 5.98. The van der Waals surface area contributed by atoms with Gasteiger partial charge in [-0.15, -0.1) is 0 Å². The SMILES string of the molecule is CN1CC2(CC2)C1.COc1cccc(OC)c1-c1c[nH]c2nc(NC=O)ccc12. The van der Waals surface area contributed by atoms with Gasteiger partial charge in [0.25, 0.3) is 0 Å². The first-order valence-electron chi connectivity index (χ1n) is 9.67. The fraction of sp³-hybridized carbons (Fsp3) is 0.364. The van der Waals surface area contributed by atoms with Crippen LogP contribution in [0.5, 0.6) is 11.5 Å². The highest BCUT2D eigenvalue weighted by Crippen LogP contribution is 2.52. The lowest BCUT2D eigenvalue weighted by molar-refractivity contribution is -0.105. The number of rotatable bonds is 5. The molecule has 1 saturated heterocycles. The number of hydrogen-bond donors (Lipinski definition) is 2. The summed E-state index contributed by atoms with van der Waals surface area (Å²) in [5.41, 5.74) is 3.33. The third-order valence-electron chi connectivity index (χ3n) is 5.61. The highest BCUT2D eigenvalue weighted by Gasteiger charge is 2.50.